The van der Waals surface area contributed by atoms with Gasteiger partial charge in [0.15, 0.2) is 17.8 Å². The summed E-state index contributed by atoms with van der Waals surface area (Å²) in [7, 11) is 1.59. The SMILES string of the molecule is COCCOc1cc2c(cc1C=O)OCO2. The maximum absolute atomic E-state index is 10.9. The second-order valence-corrected chi connectivity index (χ2v) is 3.20. The monoisotopic (exact) mass is 224 g/mol. The number of aldehydes is 1. The molecule has 86 valence electrons. The number of fused-ring (bicyclic) bond motifs is 1. The molecule has 2 rings (SSSR count). The number of carbonyl (C=O) groups is 1. The van der Waals surface area contributed by atoms with Gasteiger partial charge < -0.3 is 18.9 Å². The minimum Gasteiger partial charge on any atom is -0.490 e. The van der Waals surface area contributed by atoms with Crippen molar-refractivity contribution in [3.05, 3.63) is 17.7 Å². The first-order chi connectivity index (χ1) is 7.85. The van der Waals surface area contributed by atoms with Crippen molar-refractivity contribution >= 4 is 6.29 Å². The zero-order valence-corrected chi connectivity index (χ0v) is 8.89. The van der Waals surface area contributed by atoms with Gasteiger partial charge in [0.25, 0.3) is 0 Å². The molecule has 0 aliphatic carbocycles. The number of methoxy groups -OCH3 is 1. The molecule has 0 spiro atoms. The van der Waals surface area contributed by atoms with E-state index in [0.717, 1.165) is 6.29 Å². The van der Waals surface area contributed by atoms with Crippen molar-refractivity contribution in [1.82, 2.24) is 0 Å². The molecule has 0 amide bonds. The lowest BCUT2D eigenvalue weighted by Gasteiger charge is -2.08. The summed E-state index contributed by atoms with van der Waals surface area (Å²) in [5, 5.41) is 0. The van der Waals surface area contributed by atoms with Gasteiger partial charge in [-0.3, -0.25) is 4.79 Å². The van der Waals surface area contributed by atoms with Crippen molar-refractivity contribution in [2.75, 3.05) is 27.1 Å². The topological polar surface area (TPSA) is 54.0 Å². The molecule has 0 unspecified atom stereocenters. The molecule has 0 saturated heterocycles. The Balaban J connectivity index is 2.18. The number of carbonyl (C=O) groups excluding carboxylic acids is 1. The minimum absolute atomic E-state index is 0.176. The van der Waals surface area contributed by atoms with E-state index in [2.05, 4.69) is 0 Å². The predicted octanol–water partition coefficient (Wildman–Crippen LogP) is 1.25. The highest BCUT2D eigenvalue weighted by Crippen LogP contribution is 2.37. The highest BCUT2D eigenvalue weighted by molar-refractivity contribution is 5.81. The molecule has 0 fully saturated rings. The smallest absolute Gasteiger partial charge is 0.231 e. The fourth-order valence-corrected chi connectivity index (χ4v) is 1.39. The minimum atomic E-state index is 0.176. The van der Waals surface area contributed by atoms with E-state index in [1.807, 2.05) is 0 Å². The van der Waals surface area contributed by atoms with E-state index in [4.69, 9.17) is 18.9 Å². The van der Waals surface area contributed by atoms with Gasteiger partial charge in [0.2, 0.25) is 6.79 Å². The highest BCUT2D eigenvalue weighted by Gasteiger charge is 2.17. The third-order valence-corrected chi connectivity index (χ3v) is 2.18. The molecule has 0 aromatic heterocycles. The Bertz CT molecular complexity index is 388. The lowest BCUT2D eigenvalue weighted by molar-refractivity contribution is 0.111. The summed E-state index contributed by atoms with van der Waals surface area (Å²) in [5.41, 5.74) is 0.445. The number of hydrogen-bond donors (Lipinski definition) is 0. The lowest BCUT2D eigenvalue weighted by atomic mass is 10.2. The molecule has 0 bridgehead atoms. The van der Waals surface area contributed by atoms with Gasteiger partial charge in [0, 0.05) is 13.2 Å². The van der Waals surface area contributed by atoms with E-state index >= 15 is 0 Å². The van der Waals surface area contributed by atoms with Gasteiger partial charge in [-0.15, -0.1) is 0 Å². The van der Waals surface area contributed by atoms with Crippen molar-refractivity contribution in [2.24, 2.45) is 0 Å². The molecular weight excluding hydrogens is 212 g/mol. The Labute approximate surface area is 92.9 Å². The van der Waals surface area contributed by atoms with E-state index in [0.29, 0.717) is 36.0 Å². The summed E-state index contributed by atoms with van der Waals surface area (Å²) in [6.07, 6.45) is 0.726. The molecule has 1 aromatic carbocycles. The summed E-state index contributed by atoms with van der Waals surface area (Å²) < 4.78 is 20.6. The average molecular weight is 224 g/mol. The number of benzene rings is 1. The van der Waals surface area contributed by atoms with Crippen molar-refractivity contribution in [2.45, 2.75) is 0 Å². The largest absolute Gasteiger partial charge is 0.490 e. The second-order valence-electron chi connectivity index (χ2n) is 3.20. The molecule has 1 aliphatic heterocycles. The molecule has 1 aromatic rings. The van der Waals surface area contributed by atoms with Crippen LogP contribution in [0.2, 0.25) is 0 Å². The van der Waals surface area contributed by atoms with Crippen LogP contribution >= 0.6 is 0 Å². The van der Waals surface area contributed by atoms with Crippen molar-refractivity contribution in [3.8, 4) is 17.2 Å². The number of ether oxygens (including phenoxy) is 4. The van der Waals surface area contributed by atoms with E-state index in [1.165, 1.54) is 0 Å². The Morgan fingerprint density at radius 1 is 1.31 bits per heavy atom. The fraction of sp³-hybridized carbons (Fsp3) is 0.364. The number of rotatable bonds is 5. The molecule has 0 atom stereocenters. The quantitative estimate of drug-likeness (QED) is 0.556. The molecule has 5 nitrogen and oxygen atoms in total. The van der Waals surface area contributed by atoms with Crippen molar-refractivity contribution < 1.29 is 23.7 Å². The van der Waals surface area contributed by atoms with Crippen LogP contribution in [-0.4, -0.2) is 33.4 Å². The van der Waals surface area contributed by atoms with Crippen molar-refractivity contribution in [1.29, 1.82) is 0 Å². The van der Waals surface area contributed by atoms with E-state index in [9.17, 15) is 4.79 Å². The summed E-state index contributed by atoms with van der Waals surface area (Å²) in [6, 6.07) is 3.26. The zero-order valence-electron chi connectivity index (χ0n) is 8.89. The summed E-state index contributed by atoms with van der Waals surface area (Å²) in [4.78, 5) is 10.9. The number of hydrogen-bond acceptors (Lipinski definition) is 5. The van der Waals surface area contributed by atoms with Gasteiger partial charge in [0.05, 0.1) is 12.2 Å². The highest BCUT2D eigenvalue weighted by atomic mass is 16.7. The second kappa shape index (κ2) is 4.85. The first-order valence-corrected chi connectivity index (χ1v) is 4.85. The summed E-state index contributed by atoms with van der Waals surface area (Å²) >= 11 is 0. The standard InChI is InChI=1S/C11H12O5/c1-13-2-3-14-9-5-11-10(15-7-16-11)4-8(9)6-12/h4-6H,2-3,7H2,1H3. The van der Waals surface area contributed by atoms with Crippen LogP contribution in [0.1, 0.15) is 10.4 Å². The maximum atomic E-state index is 10.9. The normalized spacial score (nSPS) is 12.6. The van der Waals surface area contributed by atoms with Crippen LogP contribution in [-0.2, 0) is 4.74 Å². The fourth-order valence-electron chi connectivity index (χ4n) is 1.39. The Hall–Kier alpha value is -1.75. The third-order valence-electron chi connectivity index (χ3n) is 2.18. The van der Waals surface area contributed by atoms with Gasteiger partial charge in [-0.2, -0.15) is 0 Å². The molecule has 0 radical (unpaired) electrons. The summed E-state index contributed by atoms with van der Waals surface area (Å²) in [5.74, 6) is 1.65. The van der Waals surface area contributed by atoms with E-state index in [-0.39, 0.29) is 6.79 Å². The van der Waals surface area contributed by atoms with Crippen LogP contribution < -0.4 is 14.2 Å². The van der Waals surface area contributed by atoms with Gasteiger partial charge >= 0.3 is 0 Å². The van der Waals surface area contributed by atoms with Gasteiger partial charge in [-0.05, 0) is 6.07 Å². The van der Waals surface area contributed by atoms with Crippen LogP contribution in [0.15, 0.2) is 12.1 Å². The van der Waals surface area contributed by atoms with E-state index in [1.54, 1.807) is 19.2 Å². The van der Waals surface area contributed by atoms with Crippen LogP contribution in [0.25, 0.3) is 0 Å². The van der Waals surface area contributed by atoms with Crippen molar-refractivity contribution in [3.63, 3.8) is 0 Å². The predicted molar refractivity (Wildman–Crippen MR) is 55.3 cm³/mol. The Kier molecular flexibility index (Phi) is 3.26. The first-order valence-electron chi connectivity index (χ1n) is 4.85. The molecule has 5 heteroatoms. The molecule has 0 N–H and O–H groups in total. The van der Waals surface area contributed by atoms with Gasteiger partial charge in [0.1, 0.15) is 12.4 Å². The van der Waals surface area contributed by atoms with Crippen LogP contribution in [0, 0.1) is 0 Å². The van der Waals surface area contributed by atoms with Crippen LogP contribution in [0.5, 0.6) is 17.2 Å². The molecule has 0 saturated carbocycles. The van der Waals surface area contributed by atoms with Crippen LogP contribution in [0.3, 0.4) is 0 Å². The Morgan fingerprint density at radius 3 is 2.75 bits per heavy atom. The lowest BCUT2D eigenvalue weighted by Crippen LogP contribution is -2.05. The van der Waals surface area contributed by atoms with E-state index < -0.39 is 0 Å². The Morgan fingerprint density at radius 2 is 2.06 bits per heavy atom. The first kappa shape index (κ1) is 10.8. The zero-order chi connectivity index (χ0) is 11.4. The summed E-state index contributed by atoms with van der Waals surface area (Å²) in [6.45, 7) is 1.03. The maximum Gasteiger partial charge on any atom is 0.231 e. The molecule has 1 aliphatic rings. The third kappa shape index (κ3) is 2.09. The van der Waals surface area contributed by atoms with Crippen LogP contribution in [0.4, 0.5) is 0 Å². The van der Waals surface area contributed by atoms with Gasteiger partial charge in [-0.1, -0.05) is 0 Å². The van der Waals surface area contributed by atoms with Gasteiger partial charge in [-0.25, -0.2) is 0 Å². The molecule has 1 heterocycles. The molecule has 16 heavy (non-hydrogen) atoms. The average Bonchev–Trinajstić information content (AvgIpc) is 2.75. The molecular formula is C11H12O5.